The summed E-state index contributed by atoms with van der Waals surface area (Å²) < 4.78 is 11.3. The lowest BCUT2D eigenvalue weighted by molar-refractivity contribution is -0.116. The Hall–Kier alpha value is -3.54. The standard InChI is InChI=1S/C26H28N2O4/c1-17(2)14-25(29)27-21-8-4-18(5-9-21)24-15-20-16-28(13-12-23(20)32-24)26(30)19-6-10-22(31-3)11-7-19/h4-11,15,17H,12-14,16H2,1-3H3,(H,27,29). The van der Waals surface area contributed by atoms with E-state index in [-0.39, 0.29) is 11.8 Å². The molecule has 2 amide bonds. The number of benzene rings is 2. The third kappa shape index (κ3) is 4.85. The van der Waals surface area contributed by atoms with Gasteiger partial charge in [0.15, 0.2) is 0 Å². The van der Waals surface area contributed by atoms with E-state index in [4.69, 9.17) is 9.15 Å². The van der Waals surface area contributed by atoms with Crippen LogP contribution in [-0.2, 0) is 17.8 Å². The summed E-state index contributed by atoms with van der Waals surface area (Å²) in [4.78, 5) is 26.7. The largest absolute Gasteiger partial charge is 0.497 e. The number of ether oxygens (including phenoxy) is 1. The number of carbonyl (C=O) groups is 2. The van der Waals surface area contributed by atoms with Crippen molar-refractivity contribution in [3.63, 3.8) is 0 Å². The number of amides is 2. The molecule has 6 heteroatoms. The van der Waals surface area contributed by atoms with Crippen LogP contribution in [0.3, 0.4) is 0 Å². The van der Waals surface area contributed by atoms with Gasteiger partial charge in [0.2, 0.25) is 5.91 Å². The van der Waals surface area contributed by atoms with Crippen LogP contribution in [0.25, 0.3) is 11.3 Å². The Morgan fingerprint density at radius 3 is 2.47 bits per heavy atom. The first kappa shape index (κ1) is 21.7. The second-order valence-corrected chi connectivity index (χ2v) is 8.49. The molecule has 0 bridgehead atoms. The molecule has 0 saturated heterocycles. The van der Waals surface area contributed by atoms with Crippen molar-refractivity contribution in [2.24, 2.45) is 5.92 Å². The highest BCUT2D eigenvalue weighted by Gasteiger charge is 2.25. The first-order valence-corrected chi connectivity index (χ1v) is 10.9. The Bertz CT molecular complexity index is 1100. The van der Waals surface area contributed by atoms with Crippen LogP contribution in [0, 0.1) is 5.92 Å². The van der Waals surface area contributed by atoms with Gasteiger partial charge in [0.1, 0.15) is 17.3 Å². The summed E-state index contributed by atoms with van der Waals surface area (Å²) in [7, 11) is 1.61. The van der Waals surface area contributed by atoms with Gasteiger partial charge < -0.3 is 19.4 Å². The van der Waals surface area contributed by atoms with Gasteiger partial charge >= 0.3 is 0 Å². The minimum Gasteiger partial charge on any atom is -0.497 e. The molecule has 0 radical (unpaired) electrons. The van der Waals surface area contributed by atoms with Gasteiger partial charge in [0, 0.05) is 48.3 Å². The number of rotatable bonds is 6. The first-order valence-electron chi connectivity index (χ1n) is 10.9. The number of anilines is 1. The summed E-state index contributed by atoms with van der Waals surface area (Å²) in [6, 6.07) is 16.8. The van der Waals surface area contributed by atoms with Gasteiger partial charge in [-0.2, -0.15) is 0 Å². The highest BCUT2D eigenvalue weighted by molar-refractivity contribution is 5.94. The molecule has 1 aromatic heterocycles. The molecule has 1 aliphatic rings. The highest BCUT2D eigenvalue weighted by Crippen LogP contribution is 2.31. The third-order valence-electron chi connectivity index (χ3n) is 5.54. The number of nitrogens with one attached hydrogen (secondary N) is 1. The van der Waals surface area contributed by atoms with E-state index in [1.165, 1.54) is 0 Å². The number of furan rings is 1. The van der Waals surface area contributed by atoms with E-state index in [2.05, 4.69) is 5.32 Å². The molecule has 0 spiro atoms. The van der Waals surface area contributed by atoms with Crippen LogP contribution >= 0.6 is 0 Å². The number of nitrogens with zero attached hydrogens (tertiary/aromatic N) is 1. The number of carbonyl (C=O) groups excluding carboxylic acids is 2. The minimum atomic E-state index is 0.00236. The van der Waals surface area contributed by atoms with Crippen LogP contribution in [0.2, 0.25) is 0 Å². The van der Waals surface area contributed by atoms with E-state index in [1.807, 2.05) is 49.1 Å². The lowest BCUT2D eigenvalue weighted by Crippen LogP contribution is -2.35. The maximum absolute atomic E-state index is 12.9. The zero-order chi connectivity index (χ0) is 22.7. The quantitative estimate of drug-likeness (QED) is 0.586. The molecule has 6 nitrogen and oxygen atoms in total. The predicted molar refractivity (Wildman–Crippen MR) is 124 cm³/mol. The molecule has 166 valence electrons. The van der Waals surface area contributed by atoms with Gasteiger partial charge in [-0.25, -0.2) is 0 Å². The van der Waals surface area contributed by atoms with Crippen LogP contribution in [0.1, 0.15) is 41.9 Å². The average Bonchev–Trinajstić information content (AvgIpc) is 3.22. The Balaban J connectivity index is 1.44. The van der Waals surface area contributed by atoms with Gasteiger partial charge in [-0.15, -0.1) is 0 Å². The first-order chi connectivity index (χ1) is 15.4. The smallest absolute Gasteiger partial charge is 0.254 e. The van der Waals surface area contributed by atoms with Crippen molar-refractivity contribution in [3.8, 4) is 17.1 Å². The maximum atomic E-state index is 12.9. The second kappa shape index (κ2) is 9.30. The zero-order valence-electron chi connectivity index (χ0n) is 18.7. The number of hydrogen-bond acceptors (Lipinski definition) is 4. The van der Waals surface area contributed by atoms with E-state index in [0.717, 1.165) is 34.1 Å². The highest BCUT2D eigenvalue weighted by atomic mass is 16.5. The molecule has 1 N–H and O–H groups in total. The molecular formula is C26H28N2O4. The summed E-state index contributed by atoms with van der Waals surface area (Å²) in [6.07, 6.45) is 1.18. The molecule has 0 atom stereocenters. The number of hydrogen-bond donors (Lipinski definition) is 1. The molecule has 0 aliphatic carbocycles. The van der Waals surface area contributed by atoms with Gasteiger partial charge in [-0.05, 0) is 60.5 Å². The summed E-state index contributed by atoms with van der Waals surface area (Å²) in [5.41, 5.74) is 3.39. The molecule has 0 saturated carbocycles. The van der Waals surface area contributed by atoms with Crippen molar-refractivity contribution < 1.29 is 18.7 Å². The molecule has 1 aliphatic heterocycles. The fourth-order valence-corrected chi connectivity index (χ4v) is 3.87. The van der Waals surface area contributed by atoms with Crippen molar-refractivity contribution in [3.05, 3.63) is 71.5 Å². The van der Waals surface area contributed by atoms with Crippen LogP contribution in [0.5, 0.6) is 5.75 Å². The number of methoxy groups -OCH3 is 1. The van der Waals surface area contributed by atoms with E-state index in [9.17, 15) is 9.59 Å². The minimum absolute atomic E-state index is 0.00236. The van der Waals surface area contributed by atoms with E-state index >= 15 is 0 Å². The second-order valence-electron chi connectivity index (χ2n) is 8.49. The van der Waals surface area contributed by atoms with Crippen LogP contribution < -0.4 is 10.1 Å². The Morgan fingerprint density at radius 1 is 1.09 bits per heavy atom. The maximum Gasteiger partial charge on any atom is 0.254 e. The SMILES string of the molecule is COc1ccc(C(=O)N2CCc3oc(-c4ccc(NC(=O)CC(C)C)cc4)cc3C2)cc1. The Labute approximate surface area is 188 Å². The topological polar surface area (TPSA) is 71.8 Å². The predicted octanol–water partition coefficient (Wildman–Crippen LogP) is 5.14. The van der Waals surface area contributed by atoms with Crippen LogP contribution in [0.4, 0.5) is 5.69 Å². The molecule has 2 heterocycles. The van der Waals surface area contributed by atoms with Crippen LogP contribution in [-0.4, -0.2) is 30.4 Å². The Morgan fingerprint density at radius 2 is 1.81 bits per heavy atom. The summed E-state index contributed by atoms with van der Waals surface area (Å²) >= 11 is 0. The normalized spacial score (nSPS) is 13.1. The molecular weight excluding hydrogens is 404 g/mol. The van der Waals surface area contributed by atoms with Crippen molar-refractivity contribution in [1.29, 1.82) is 0 Å². The molecule has 32 heavy (non-hydrogen) atoms. The van der Waals surface area contributed by atoms with Crippen molar-refractivity contribution in [2.45, 2.75) is 33.2 Å². The number of fused-ring (bicyclic) bond motifs is 1. The lowest BCUT2D eigenvalue weighted by Gasteiger charge is -2.26. The average molecular weight is 433 g/mol. The van der Waals surface area contributed by atoms with Gasteiger partial charge in [-0.3, -0.25) is 9.59 Å². The molecule has 3 aromatic rings. The van der Waals surface area contributed by atoms with Crippen molar-refractivity contribution in [2.75, 3.05) is 19.0 Å². The van der Waals surface area contributed by atoms with Crippen molar-refractivity contribution in [1.82, 2.24) is 4.90 Å². The fourth-order valence-electron chi connectivity index (χ4n) is 3.87. The van der Waals surface area contributed by atoms with E-state index in [0.29, 0.717) is 37.4 Å². The van der Waals surface area contributed by atoms with E-state index in [1.54, 1.807) is 31.4 Å². The zero-order valence-corrected chi connectivity index (χ0v) is 18.7. The molecule has 4 rings (SSSR count). The van der Waals surface area contributed by atoms with Gasteiger partial charge in [0.05, 0.1) is 7.11 Å². The van der Waals surface area contributed by atoms with E-state index < -0.39 is 0 Å². The Kier molecular flexibility index (Phi) is 6.30. The molecule has 2 aromatic carbocycles. The van der Waals surface area contributed by atoms with Gasteiger partial charge in [0.25, 0.3) is 5.91 Å². The molecule has 0 fully saturated rings. The van der Waals surface area contributed by atoms with Crippen molar-refractivity contribution >= 4 is 17.5 Å². The summed E-state index contributed by atoms with van der Waals surface area (Å²) in [5.74, 6) is 2.76. The monoisotopic (exact) mass is 432 g/mol. The van der Waals surface area contributed by atoms with Crippen LogP contribution in [0.15, 0.2) is 59.0 Å². The van der Waals surface area contributed by atoms with Gasteiger partial charge in [-0.1, -0.05) is 13.8 Å². The third-order valence-corrected chi connectivity index (χ3v) is 5.54. The summed E-state index contributed by atoms with van der Waals surface area (Å²) in [5, 5.41) is 2.92. The lowest BCUT2D eigenvalue weighted by atomic mass is 10.1. The summed E-state index contributed by atoms with van der Waals surface area (Å²) in [6.45, 7) is 5.18. The fraction of sp³-hybridized carbons (Fsp3) is 0.308. The molecule has 0 unspecified atom stereocenters.